The molecule has 0 bridgehead atoms. The summed E-state index contributed by atoms with van der Waals surface area (Å²) >= 11 is 0. The number of aromatic nitrogens is 2. The van der Waals surface area contributed by atoms with Crippen LogP contribution in [0.4, 0.5) is 5.69 Å². The summed E-state index contributed by atoms with van der Waals surface area (Å²) in [5, 5.41) is 2.85. The number of carbonyl (C=O) groups is 1. The first-order chi connectivity index (χ1) is 9.16. The van der Waals surface area contributed by atoms with E-state index in [1.807, 2.05) is 12.1 Å². The molecular formula is C14H16N4O. The van der Waals surface area contributed by atoms with E-state index in [1.165, 1.54) is 0 Å². The fourth-order valence-electron chi connectivity index (χ4n) is 1.74. The van der Waals surface area contributed by atoms with Crippen LogP contribution in [-0.2, 0) is 6.42 Å². The first-order valence-electron chi connectivity index (χ1n) is 6.06. The van der Waals surface area contributed by atoms with E-state index in [4.69, 9.17) is 5.73 Å². The predicted molar refractivity (Wildman–Crippen MR) is 73.7 cm³/mol. The lowest BCUT2D eigenvalue weighted by molar-refractivity contribution is 0.0953. The van der Waals surface area contributed by atoms with Gasteiger partial charge in [0.05, 0.1) is 23.1 Å². The van der Waals surface area contributed by atoms with Gasteiger partial charge in [-0.3, -0.25) is 14.8 Å². The zero-order chi connectivity index (χ0) is 13.7. The molecule has 0 radical (unpaired) electrons. The SMILES string of the molecule is Cc1ncc(N)cc1C(=O)NCCc1cccnc1. The molecule has 0 aliphatic rings. The zero-order valence-corrected chi connectivity index (χ0v) is 10.8. The van der Waals surface area contributed by atoms with Gasteiger partial charge in [0.15, 0.2) is 0 Å². The molecule has 98 valence electrons. The Balaban J connectivity index is 1.93. The normalized spacial score (nSPS) is 10.2. The largest absolute Gasteiger partial charge is 0.397 e. The first kappa shape index (κ1) is 13.0. The lowest BCUT2D eigenvalue weighted by atomic mass is 10.1. The average molecular weight is 256 g/mol. The van der Waals surface area contributed by atoms with Crippen molar-refractivity contribution < 1.29 is 4.79 Å². The smallest absolute Gasteiger partial charge is 0.253 e. The Morgan fingerprint density at radius 3 is 3.00 bits per heavy atom. The van der Waals surface area contributed by atoms with Crippen molar-refractivity contribution in [1.29, 1.82) is 0 Å². The molecule has 2 aromatic rings. The number of rotatable bonds is 4. The van der Waals surface area contributed by atoms with Crippen LogP contribution in [0.1, 0.15) is 21.6 Å². The predicted octanol–water partition coefficient (Wildman–Crippen LogP) is 1.34. The Hall–Kier alpha value is -2.43. The van der Waals surface area contributed by atoms with Crippen LogP contribution < -0.4 is 11.1 Å². The van der Waals surface area contributed by atoms with Gasteiger partial charge in [0, 0.05) is 18.9 Å². The summed E-state index contributed by atoms with van der Waals surface area (Å²) in [5.41, 5.74) is 8.41. The molecule has 0 saturated heterocycles. The molecule has 5 heteroatoms. The molecule has 2 rings (SSSR count). The number of nitrogens with zero attached hydrogens (tertiary/aromatic N) is 2. The van der Waals surface area contributed by atoms with E-state index in [1.54, 1.807) is 31.6 Å². The van der Waals surface area contributed by atoms with Gasteiger partial charge in [0.2, 0.25) is 0 Å². The van der Waals surface area contributed by atoms with Crippen LogP contribution in [0.25, 0.3) is 0 Å². The number of pyridine rings is 2. The molecule has 1 amide bonds. The van der Waals surface area contributed by atoms with Crippen molar-refractivity contribution in [3.8, 4) is 0 Å². The fourth-order valence-corrected chi connectivity index (χ4v) is 1.74. The van der Waals surface area contributed by atoms with E-state index < -0.39 is 0 Å². The number of amides is 1. The van der Waals surface area contributed by atoms with Crippen molar-refractivity contribution in [2.75, 3.05) is 12.3 Å². The maximum absolute atomic E-state index is 12.0. The Labute approximate surface area is 111 Å². The maximum atomic E-state index is 12.0. The number of hydrogen-bond acceptors (Lipinski definition) is 4. The molecule has 0 aromatic carbocycles. The van der Waals surface area contributed by atoms with Gasteiger partial charge in [0.25, 0.3) is 5.91 Å². The van der Waals surface area contributed by atoms with Crippen LogP contribution in [0.15, 0.2) is 36.8 Å². The van der Waals surface area contributed by atoms with Crippen molar-refractivity contribution in [3.05, 3.63) is 53.6 Å². The van der Waals surface area contributed by atoms with Crippen molar-refractivity contribution in [2.45, 2.75) is 13.3 Å². The summed E-state index contributed by atoms with van der Waals surface area (Å²) in [5.74, 6) is -0.152. The zero-order valence-electron chi connectivity index (χ0n) is 10.8. The molecule has 2 aromatic heterocycles. The monoisotopic (exact) mass is 256 g/mol. The van der Waals surface area contributed by atoms with Crippen LogP contribution in [0.3, 0.4) is 0 Å². The molecule has 19 heavy (non-hydrogen) atoms. The van der Waals surface area contributed by atoms with Gasteiger partial charge < -0.3 is 11.1 Å². The highest BCUT2D eigenvalue weighted by Gasteiger charge is 2.09. The molecule has 0 unspecified atom stereocenters. The highest BCUT2D eigenvalue weighted by atomic mass is 16.1. The molecule has 0 fully saturated rings. The van der Waals surface area contributed by atoms with E-state index in [9.17, 15) is 4.79 Å². The van der Waals surface area contributed by atoms with Gasteiger partial charge in [-0.05, 0) is 31.0 Å². The quantitative estimate of drug-likeness (QED) is 0.865. The third-order valence-electron chi connectivity index (χ3n) is 2.77. The van der Waals surface area contributed by atoms with Gasteiger partial charge in [0.1, 0.15) is 0 Å². The second-order valence-electron chi connectivity index (χ2n) is 4.27. The summed E-state index contributed by atoms with van der Waals surface area (Å²) in [6, 6.07) is 5.50. The third-order valence-corrected chi connectivity index (χ3v) is 2.77. The highest BCUT2D eigenvalue weighted by molar-refractivity contribution is 5.95. The second-order valence-corrected chi connectivity index (χ2v) is 4.27. The minimum absolute atomic E-state index is 0.152. The molecule has 0 saturated carbocycles. The van der Waals surface area contributed by atoms with Gasteiger partial charge in [-0.2, -0.15) is 0 Å². The van der Waals surface area contributed by atoms with Crippen LogP contribution >= 0.6 is 0 Å². The summed E-state index contributed by atoms with van der Waals surface area (Å²) in [4.78, 5) is 20.1. The number of aryl methyl sites for hydroxylation is 1. The van der Waals surface area contributed by atoms with E-state index >= 15 is 0 Å². The molecule has 0 aliphatic heterocycles. The fraction of sp³-hybridized carbons (Fsp3) is 0.214. The van der Waals surface area contributed by atoms with E-state index in [0.29, 0.717) is 23.5 Å². The van der Waals surface area contributed by atoms with Crippen LogP contribution in [-0.4, -0.2) is 22.4 Å². The third kappa shape index (κ3) is 3.51. The number of carbonyl (C=O) groups excluding carboxylic acids is 1. The Bertz CT molecular complexity index is 569. The van der Waals surface area contributed by atoms with E-state index in [0.717, 1.165) is 12.0 Å². The van der Waals surface area contributed by atoms with Crippen molar-refractivity contribution in [1.82, 2.24) is 15.3 Å². The number of nitrogens with one attached hydrogen (secondary N) is 1. The van der Waals surface area contributed by atoms with Crippen molar-refractivity contribution in [2.24, 2.45) is 0 Å². The number of nitrogen functional groups attached to an aromatic ring is 1. The summed E-state index contributed by atoms with van der Waals surface area (Å²) in [7, 11) is 0. The highest BCUT2D eigenvalue weighted by Crippen LogP contribution is 2.09. The van der Waals surface area contributed by atoms with Crippen molar-refractivity contribution >= 4 is 11.6 Å². The molecule has 0 aliphatic carbocycles. The molecule has 3 N–H and O–H groups in total. The molecule has 0 spiro atoms. The van der Waals surface area contributed by atoms with Crippen molar-refractivity contribution in [3.63, 3.8) is 0 Å². The number of nitrogens with two attached hydrogens (primary N) is 1. The maximum Gasteiger partial charge on any atom is 0.253 e. The van der Waals surface area contributed by atoms with Crippen LogP contribution in [0.2, 0.25) is 0 Å². The number of anilines is 1. The Morgan fingerprint density at radius 2 is 2.26 bits per heavy atom. The van der Waals surface area contributed by atoms with Gasteiger partial charge in [-0.15, -0.1) is 0 Å². The van der Waals surface area contributed by atoms with E-state index in [-0.39, 0.29) is 5.91 Å². The molecule has 0 atom stereocenters. The van der Waals surface area contributed by atoms with Crippen LogP contribution in [0, 0.1) is 6.92 Å². The van der Waals surface area contributed by atoms with Gasteiger partial charge >= 0.3 is 0 Å². The van der Waals surface area contributed by atoms with Crippen LogP contribution in [0.5, 0.6) is 0 Å². The summed E-state index contributed by atoms with van der Waals surface area (Å²) in [6.45, 7) is 2.34. The topological polar surface area (TPSA) is 80.9 Å². The molecule has 5 nitrogen and oxygen atoms in total. The number of hydrogen-bond donors (Lipinski definition) is 2. The second kappa shape index (κ2) is 5.95. The lowest BCUT2D eigenvalue weighted by Crippen LogP contribution is -2.26. The first-order valence-corrected chi connectivity index (χ1v) is 6.06. The summed E-state index contributed by atoms with van der Waals surface area (Å²) < 4.78 is 0. The van der Waals surface area contributed by atoms with E-state index in [2.05, 4.69) is 15.3 Å². The molecule has 2 heterocycles. The summed E-state index contributed by atoms with van der Waals surface area (Å²) in [6.07, 6.45) is 5.81. The minimum atomic E-state index is -0.152. The van der Waals surface area contributed by atoms with Gasteiger partial charge in [-0.25, -0.2) is 0 Å². The standard InChI is InChI=1S/C14H16N4O/c1-10-13(7-12(15)9-18-10)14(19)17-6-4-11-3-2-5-16-8-11/h2-3,5,7-9H,4,6,15H2,1H3,(H,17,19). The Kier molecular flexibility index (Phi) is 4.07. The average Bonchev–Trinajstić information content (AvgIpc) is 2.42. The Morgan fingerprint density at radius 1 is 1.42 bits per heavy atom. The minimum Gasteiger partial charge on any atom is -0.397 e. The van der Waals surface area contributed by atoms with Gasteiger partial charge in [-0.1, -0.05) is 6.07 Å². The molecular weight excluding hydrogens is 240 g/mol. The lowest BCUT2D eigenvalue weighted by Gasteiger charge is -2.07.